The second kappa shape index (κ2) is 20.0. The van der Waals surface area contributed by atoms with Gasteiger partial charge in [0.05, 0.1) is 0 Å². The predicted octanol–water partition coefficient (Wildman–Crippen LogP) is 11.6. The maximum absolute atomic E-state index is 10.5. The Morgan fingerprint density at radius 1 is 0.512 bits per heavy atom. The third kappa shape index (κ3) is 10.9. The summed E-state index contributed by atoms with van der Waals surface area (Å²) in [5, 5.41) is 12.9. The average Bonchev–Trinajstić information content (AvgIpc) is 3.07. The van der Waals surface area contributed by atoms with Crippen LogP contribution >= 0.6 is 15.8 Å². The number of aliphatic hydroxyl groups is 1. The summed E-state index contributed by atoms with van der Waals surface area (Å²) < 4.78 is 0. The predicted molar refractivity (Wildman–Crippen MR) is 190 cm³/mol. The minimum atomic E-state index is -0.726. The maximum atomic E-state index is 10.5. The fourth-order valence-electron chi connectivity index (χ4n) is 7.31. The van der Waals surface area contributed by atoms with Gasteiger partial charge in [0, 0.05) is 26.0 Å². The molecule has 0 radical (unpaired) electrons. The molecule has 43 heavy (non-hydrogen) atoms. The van der Waals surface area contributed by atoms with Crippen LogP contribution in [0, 0.1) is 7.43 Å². The van der Waals surface area contributed by atoms with Crippen molar-refractivity contribution in [2.45, 2.75) is 113 Å². The van der Waals surface area contributed by atoms with Gasteiger partial charge < -0.3 is 12.5 Å². The zero-order chi connectivity index (χ0) is 28.1. The van der Waals surface area contributed by atoms with E-state index in [1.165, 1.54) is 46.8 Å². The van der Waals surface area contributed by atoms with Crippen LogP contribution in [-0.4, -0.2) is 22.1 Å². The number of hydrogen-bond donors (Lipinski definition) is 1. The first-order valence-corrected chi connectivity index (χ1v) is 19.4. The normalized spacial score (nSPS) is 18.7. The first kappa shape index (κ1) is 36.2. The minimum absolute atomic E-state index is 0. The summed E-state index contributed by atoms with van der Waals surface area (Å²) in [7, 11) is -0.341. The molecule has 0 spiro atoms. The van der Waals surface area contributed by atoms with E-state index in [0.29, 0.717) is 13.7 Å². The molecule has 1 nitrogen and oxygen atoms in total. The Morgan fingerprint density at radius 3 is 1.19 bits per heavy atom. The SMILES string of the molecule is C1CCC(P(C2CCCCC2)C2CCCCC2)CC1.O/C(=C\P(c1ccccc1)c1ccccc1)c1ccccc1.[CH3-].[Pd]. The van der Waals surface area contributed by atoms with Crippen LogP contribution in [0.1, 0.15) is 102 Å². The fourth-order valence-corrected chi connectivity index (χ4v) is 14.0. The molecule has 3 fully saturated rings. The summed E-state index contributed by atoms with van der Waals surface area (Å²) in [6.45, 7) is 0. The van der Waals surface area contributed by atoms with Gasteiger partial charge in [-0.2, -0.15) is 0 Å². The quantitative estimate of drug-likeness (QED) is 0.112. The fraction of sp³-hybridized carbons (Fsp3) is 0.462. The van der Waals surface area contributed by atoms with E-state index in [-0.39, 0.29) is 27.8 Å². The first-order valence-electron chi connectivity index (χ1n) is 16.4. The smallest absolute Gasteiger partial charge is 0.123 e. The first-order chi connectivity index (χ1) is 20.3. The van der Waals surface area contributed by atoms with Crippen molar-refractivity contribution in [3.63, 3.8) is 0 Å². The monoisotopic (exact) mass is 705 g/mol. The molecule has 3 aromatic carbocycles. The summed E-state index contributed by atoms with van der Waals surface area (Å²) in [5.74, 6) is 2.31. The molecule has 0 aromatic heterocycles. The van der Waals surface area contributed by atoms with Gasteiger partial charge in [0.25, 0.3) is 0 Å². The number of hydrogen-bond acceptors (Lipinski definition) is 1. The number of aliphatic hydroxyl groups excluding tert-OH is 1. The van der Waals surface area contributed by atoms with Gasteiger partial charge in [-0.1, -0.05) is 157 Å². The topological polar surface area (TPSA) is 20.2 Å². The molecule has 0 bridgehead atoms. The van der Waals surface area contributed by atoms with Gasteiger partial charge in [0.2, 0.25) is 0 Å². The molecule has 6 rings (SSSR count). The summed E-state index contributed by atoms with van der Waals surface area (Å²) >= 11 is 0. The molecule has 3 aliphatic carbocycles. The Labute approximate surface area is 279 Å². The molecule has 0 unspecified atom stereocenters. The van der Waals surface area contributed by atoms with E-state index in [2.05, 4.69) is 24.3 Å². The number of rotatable bonds is 7. The van der Waals surface area contributed by atoms with E-state index in [9.17, 15) is 5.11 Å². The van der Waals surface area contributed by atoms with Crippen LogP contribution in [0.5, 0.6) is 0 Å². The molecule has 3 aliphatic rings. The maximum Gasteiger partial charge on any atom is 0.123 e. The van der Waals surface area contributed by atoms with E-state index in [0.717, 1.165) is 5.56 Å². The molecule has 0 heterocycles. The second-order valence-corrected chi connectivity index (χ2v) is 17.4. The van der Waals surface area contributed by atoms with E-state index in [1.54, 1.807) is 77.0 Å². The van der Waals surface area contributed by atoms with Crippen LogP contribution < -0.4 is 10.6 Å². The zero-order valence-corrected chi connectivity index (χ0v) is 29.6. The van der Waals surface area contributed by atoms with Gasteiger partial charge in [-0.25, -0.2) is 0 Å². The van der Waals surface area contributed by atoms with Crippen molar-refractivity contribution in [3.05, 3.63) is 110 Å². The molecule has 0 saturated heterocycles. The van der Waals surface area contributed by atoms with Crippen molar-refractivity contribution >= 4 is 32.2 Å². The van der Waals surface area contributed by atoms with Gasteiger partial charge in [-0.15, -0.1) is 0 Å². The van der Waals surface area contributed by atoms with Crippen molar-refractivity contribution in [1.82, 2.24) is 0 Å². The van der Waals surface area contributed by atoms with Crippen molar-refractivity contribution < 1.29 is 25.5 Å². The van der Waals surface area contributed by atoms with Crippen LogP contribution in [0.25, 0.3) is 5.76 Å². The largest absolute Gasteiger partial charge is 0.507 e. The summed E-state index contributed by atoms with van der Waals surface area (Å²) in [6.07, 6.45) is 23.6. The van der Waals surface area contributed by atoms with Gasteiger partial charge in [-0.05, 0) is 79.8 Å². The molecule has 0 aliphatic heterocycles. The number of benzene rings is 3. The molecule has 3 aromatic rings. The van der Waals surface area contributed by atoms with Crippen LogP contribution in [0.15, 0.2) is 96.8 Å². The Kier molecular flexibility index (Phi) is 16.8. The third-order valence-corrected chi connectivity index (χ3v) is 15.7. The summed E-state index contributed by atoms with van der Waals surface area (Å²) in [4.78, 5) is 0. The minimum Gasteiger partial charge on any atom is -0.507 e. The Hall–Kier alpha value is -1.28. The van der Waals surface area contributed by atoms with Gasteiger partial charge in [0.1, 0.15) is 5.76 Å². The molecule has 0 atom stereocenters. The Balaban J connectivity index is 0.000000227. The van der Waals surface area contributed by atoms with Crippen molar-refractivity contribution in [2.75, 3.05) is 0 Å². The van der Waals surface area contributed by atoms with E-state index < -0.39 is 7.92 Å². The van der Waals surface area contributed by atoms with Crippen LogP contribution in [-0.2, 0) is 20.4 Å². The third-order valence-electron chi connectivity index (χ3n) is 9.38. The van der Waals surface area contributed by atoms with Gasteiger partial charge >= 0.3 is 0 Å². The van der Waals surface area contributed by atoms with E-state index >= 15 is 0 Å². The van der Waals surface area contributed by atoms with Crippen LogP contribution in [0.4, 0.5) is 0 Å². The molecule has 236 valence electrons. The Morgan fingerprint density at radius 2 is 0.837 bits per heavy atom. The molecular weight excluding hydrogens is 653 g/mol. The van der Waals surface area contributed by atoms with Crippen molar-refractivity contribution in [3.8, 4) is 0 Å². The van der Waals surface area contributed by atoms with Gasteiger partial charge in [0.15, 0.2) is 0 Å². The van der Waals surface area contributed by atoms with Gasteiger partial charge in [-0.3, -0.25) is 0 Å². The van der Waals surface area contributed by atoms with Crippen molar-refractivity contribution in [2.24, 2.45) is 0 Å². The van der Waals surface area contributed by atoms with E-state index in [1.807, 2.05) is 72.5 Å². The van der Waals surface area contributed by atoms with Crippen molar-refractivity contribution in [1.29, 1.82) is 0 Å². The second-order valence-electron chi connectivity index (χ2n) is 12.2. The Bertz CT molecular complexity index is 1070. The molecule has 3 saturated carbocycles. The standard InChI is InChI=1S/C20H17OP.C18H33P.CH3.Pd/c21-20(17-10-4-1-5-11-17)16-22(18-12-6-2-7-13-18)19-14-8-3-9-15-19;1-4-10-16(11-5-1)19(17-12-6-2-7-13-17)18-14-8-3-9-15-18;;/h1-16,21H;16-18H,1-15H2;1H3;/q;;-1;/b20-16-;;;. The average molecular weight is 706 g/mol. The summed E-state index contributed by atoms with van der Waals surface area (Å²) in [6, 6.07) is 30.4. The molecule has 4 heteroatoms. The van der Waals surface area contributed by atoms with Crippen LogP contribution in [0.3, 0.4) is 0 Å². The van der Waals surface area contributed by atoms with Crippen LogP contribution in [0.2, 0.25) is 0 Å². The van der Waals surface area contributed by atoms with E-state index in [4.69, 9.17) is 0 Å². The molecular formula is C39H53OP2Pd-. The summed E-state index contributed by atoms with van der Waals surface area (Å²) in [5.41, 5.74) is 4.42. The molecule has 1 N–H and O–H groups in total. The molecule has 0 amide bonds. The zero-order valence-electron chi connectivity index (χ0n) is 26.2.